The summed E-state index contributed by atoms with van der Waals surface area (Å²) >= 11 is 0. The lowest BCUT2D eigenvalue weighted by Gasteiger charge is -2.11. The number of amides is 2. The molecule has 6 heteroatoms. The van der Waals surface area contributed by atoms with Gasteiger partial charge in [-0.2, -0.15) is 4.91 Å². The predicted molar refractivity (Wildman–Crippen MR) is 40.0 cm³/mol. The van der Waals surface area contributed by atoms with Crippen molar-refractivity contribution in [3.05, 3.63) is 4.91 Å². The molecule has 1 fully saturated rings. The van der Waals surface area contributed by atoms with Crippen LogP contribution in [0.15, 0.2) is 5.18 Å². The smallest absolute Gasteiger partial charge is 0.237 e. The highest BCUT2D eigenvalue weighted by molar-refractivity contribution is 5.85. The lowest BCUT2D eigenvalue weighted by atomic mass is 10.3. The van der Waals surface area contributed by atoms with Gasteiger partial charge in [0.05, 0.1) is 13.0 Å². The third kappa shape index (κ3) is 1.77. The first-order valence-corrected chi connectivity index (χ1v) is 3.52. The molecule has 66 valence electrons. The quantitative estimate of drug-likeness (QED) is 0.542. The lowest BCUT2D eigenvalue weighted by molar-refractivity contribution is -0.132. The largest absolute Gasteiger partial charge is 0.368 e. The van der Waals surface area contributed by atoms with E-state index in [9.17, 15) is 14.5 Å². The van der Waals surface area contributed by atoms with Crippen LogP contribution in [0, 0.1) is 4.91 Å². The Kier molecular flexibility index (Phi) is 2.37. The van der Waals surface area contributed by atoms with Crippen molar-refractivity contribution in [3.8, 4) is 0 Å². The van der Waals surface area contributed by atoms with Gasteiger partial charge in [0.2, 0.25) is 11.8 Å². The van der Waals surface area contributed by atoms with Gasteiger partial charge in [-0.25, -0.2) is 0 Å². The summed E-state index contributed by atoms with van der Waals surface area (Å²) in [6, 6.07) is -0.517. The zero-order chi connectivity index (χ0) is 9.14. The molecule has 0 bridgehead atoms. The minimum atomic E-state index is -0.574. The van der Waals surface area contributed by atoms with Crippen LogP contribution in [-0.2, 0) is 9.59 Å². The van der Waals surface area contributed by atoms with Crippen LogP contribution in [0.3, 0.4) is 0 Å². The predicted octanol–water partition coefficient (Wildman–Crippen LogP) is -1.16. The molecule has 1 unspecified atom stereocenters. The molecule has 0 aromatic rings. The SMILES string of the molecule is NC(=O)CN1CC(N=O)CC1=O. The molecular weight excluding hydrogens is 162 g/mol. The maximum Gasteiger partial charge on any atom is 0.237 e. The number of rotatable bonds is 3. The monoisotopic (exact) mass is 171 g/mol. The maximum atomic E-state index is 11.0. The van der Waals surface area contributed by atoms with Gasteiger partial charge >= 0.3 is 0 Å². The van der Waals surface area contributed by atoms with Crippen molar-refractivity contribution in [2.24, 2.45) is 10.9 Å². The first-order valence-electron chi connectivity index (χ1n) is 3.52. The summed E-state index contributed by atoms with van der Waals surface area (Å²) in [6.07, 6.45) is 0.0940. The summed E-state index contributed by atoms with van der Waals surface area (Å²) in [4.78, 5) is 32.7. The molecule has 1 atom stereocenters. The number of likely N-dealkylation sites (tertiary alicyclic amines) is 1. The molecule has 1 heterocycles. The first-order chi connectivity index (χ1) is 5.63. The fourth-order valence-electron chi connectivity index (χ4n) is 1.16. The number of nitroso groups, excluding NO2 is 1. The van der Waals surface area contributed by atoms with Crippen LogP contribution in [-0.4, -0.2) is 35.8 Å². The van der Waals surface area contributed by atoms with Crippen molar-refractivity contribution in [2.75, 3.05) is 13.1 Å². The zero-order valence-electron chi connectivity index (χ0n) is 6.40. The van der Waals surface area contributed by atoms with E-state index in [1.807, 2.05) is 0 Å². The molecule has 1 saturated heterocycles. The zero-order valence-corrected chi connectivity index (χ0v) is 6.40. The second kappa shape index (κ2) is 3.29. The number of carbonyl (C=O) groups is 2. The third-order valence-corrected chi connectivity index (χ3v) is 1.69. The van der Waals surface area contributed by atoms with Crippen molar-refractivity contribution < 1.29 is 9.59 Å². The van der Waals surface area contributed by atoms with E-state index in [-0.39, 0.29) is 25.4 Å². The van der Waals surface area contributed by atoms with E-state index in [1.54, 1.807) is 0 Å². The second-order valence-electron chi connectivity index (χ2n) is 2.70. The molecule has 6 nitrogen and oxygen atoms in total. The molecule has 1 rings (SSSR count). The standard InChI is InChI=1S/C6H9N3O3/c7-5(10)3-9-2-4(8-12)1-6(9)11/h4H,1-3H2,(H2,7,10). The Morgan fingerprint density at radius 3 is 2.83 bits per heavy atom. The van der Waals surface area contributed by atoms with Crippen LogP contribution >= 0.6 is 0 Å². The highest BCUT2D eigenvalue weighted by Gasteiger charge is 2.30. The average Bonchev–Trinajstić information content (AvgIpc) is 2.31. The molecule has 2 N–H and O–H groups in total. The van der Waals surface area contributed by atoms with E-state index in [1.165, 1.54) is 4.90 Å². The third-order valence-electron chi connectivity index (χ3n) is 1.69. The van der Waals surface area contributed by atoms with Gasteiger partial charge in [0, 0.05) is 6.54 Å². The van der Waals surface area contributed by atoms with Crippen LogP contribution in [0.4, 0.5) is 0 Å². The molecule has 12 heavy (non-hydrogen) atoms. The minimum absolute atomic E-state index is 0.0940. The van der Waals surface area contributed by atoms with Crippen LogP contribution in [0.1, 0.15) is 6.42 Å². The van der Waals surface area contributed by atoms with Crippen molar-refractivity contribution in [3.63, 3.8) is 0 Å². The van der Waals surface area contributed by atoms with Gasteiger partial charge < -0.3 is 10.6 Å². The van der Waals surface area contributed by atoms with E-state index in [2.05, 4.69) is 5.18 Å². The number of nitrogens with zero attached hydrogens (tertiary/aromatic N) is 2. The fourth-order valence-corrected chi connectivity index (χ4v) is 1.16. The summed E-state index contributed by atoms with van der Waals surface area (Å²) in [7, 11) is 0. The van der Waals surface area contributed by atoms with Crippen LogP contribution < -0.4 is 5.73 Å². The number of hydrogen-bond donors (Lipinski definition) is 1. The summed E-state index contributed by atoms with van der Waals surface area (Å²) in [5, 5.41) is 2.73. The summed E-state index contributed by atoms with van der Waals surface area (Å²) in [6.45, 7) is 0.0934. The Bertz CT molecular complexity index is 228. The van der Waals surface area contributed by atoms with E-state index in [0.29, 0.717) is 0 Å². The number of carbonyl (C=O) groups excluding carboxylic acids is 2. The Balaban J connectivity index is 2.51. The molecule has 0 saturated carbocycles. The van der Waals surface area contributed by atoms with Gasteiger partial charge in [-0.3, -0.25) is 9.59 Å². The normalized spacial score (nSPS) is 22.8. The Labute approximate surface area is 68.7 Å². The summed E-state index contributed by atoms with van der Waals surface area (Å²) in [5.41, 5.74) is 4.88. The molecule has 0 aromatic heterocycles. The van der Waals surface area contributed by atoms with Gasteiger partial charge in [0.15, 0.2) is 0 Å². The molecule has 1 aliphatic rings. The molecule has 2 amide bonds. The van der Waals surface area contributed by atoms with E-state index in [4.69, 9.17) is 5.73 Å². The maximum absolute atomic E-state index is 11.0. The van der Waals surface area contributed by atoms with Crippen LogP contribution in [0.2, 0.25) is 0 Å². The molecular formula is C6H9N3O3. The van der Waals surface area contributed by atoms with E-state index in [0.717, 1.165) is 0 Å². The highest BCUT2D eigenvalue weighted by Crippen LogP contribution is 2.12. The Hall–Kier alpha value is -1.46. The summed E-state index contributed by atoms with van der Waals surface area (Å²) in [5.74, 6) is -0.812. The molecule has 0 aliphatic carbocycles. The van der Waals surface area contributed by atoms with Crippen molar-refractivity contribution in [2.45, 2.75) is 12.5 Å². The van der Waals surface area contributed by atoms with Gasteiger partial charge in [0.25, 0.3) is 0 Å². The minimum Gasteiger partial charge on any atom is -0.368 e. The van der Waals surface area contributed by atoms with Crippen molar-refractivity contribution >= 4 is 11.8 Å². The van der Waals surface area contributed by atoms with Gasteiger partial charge in [-0.15, -0.1) is 0 Å². The number of primary amides is 1. The molecule has 0 radical (unpaired) electrons. The van der Waals surface area contributed by atoms with Crippen molar-refractivity contribution in [1.29, 1.82) is 0 Å². The fraction of sp³-hybridized carbons (Fsp3) is 0.667. The summed E-state index contributed by atoms with van der Waals surface area (Å²) < 4.78 is 0. The molecule has 1 aliphatic heterocycles. The second-order valence-corrected chi connectivity index (χ2v) is 2.70. The Morgan fingerprint density at radius 1 is 1.75 bits per heavy atom. The van der Waals surface area contributed by atoms with Gasteiger partial charge in [-0.1, -0.05) is 5.18 Å². The van der Waals surface area contributed by atoms with Crippen LogP contribution in [0.25, 0.3) is 0 Å². The topological polar surface area (TPSA) is 92.8 Å². The van der Waals surface area contributed by atoms with Crippen molar-refractivity contribution in [1.82, 2.24) is 4.90 Å². The lowest BCUT2D eigenvalue weighted by Crippen LogP contribution is -2.35. The van der Waals surface area contributed by atoms with Crippen LogP contribution in [0.5, 0.6) is 0 Å². The Morgan fingerprint density at radius 2 is 2.42 bits per heavy atom. The van der Waals surface area contributed by atoms with Gasteiger partial charge in [0.1, 0.15) is 6.04 Å². The molecule has 0 spiro atoms. The van der Waals surface area contributed by atoms with Gasteiger partial charge in [-0.05, 0) is 0 Å². The highest BCUT2D eigenvalue weighted by atomic mass is 16.3. The number of hydrogen-bond acceptors (Lipinski definition) is 4. The number of nitrogens with two attached hydrogens (primary N) is 1. The van der Waals surface area contributed by atoms with E-state index >= 15 is 0 Å². The average molecular weight is 171 g/mol. The van der Waals surface area contributed by atoms with E-state index < -0.39 is 11.9 Å². The first kappa shape index (κ1) is 8.63. The molecule has 0 aromatic carbocycles.